The summed E-state index contributed by atoms with van der Waals surface area (Å²) >= 11 is 0. The fourth-order valence-corrected chi connectivity index (χ4v) is 2.37. The van der Waals surface area contributed by atoms with Crippen molar-refractivity contribution in [3.8, 4) is 0 Å². The summed E-state index contributed by atoms with van der Waals surface area (Å²) in [5, 5.41) is 0. The van der Waals surface area contributed by atoms with E-state index in [1.165, 1.54) is 10.6 Å². The highest BCUT2D eigenvalue weighted by Gasteiger charge is 2.10. The molecule has 0 aliphatic carbocycles. The van der Waals surface area contributed by atoms with Crippen LogP contribution in [0.15, 0.2) is 51.8 Å². The summed E-state index contributed by atoms with van der Waals surface area (Å²) in [5.74, 6) is 0.673. The third-order valence-corrected chi connectivity index (χ3v) is 3.38. The molecule has 0 saturated carbocycles. The van der Waals surface area contributed by atoms with E-state index in [1.54, 1.807) is 13.0 Å². The van der Waals surface area contributed by atoms with Gasteiger partial charge in [0.15, 0.2) is 5.65 Å². The minimum absolute atomic E-state index is 0.188. The first-order chi connectivity index (χ1) is 10.2. The van der Waals surface area contributed by atoms with Crippen LogP contribution >= 0.6 is 0 Å². The summed E-state index contributed by atoms with van der Waals surface area (Å²) in [6.07, 6.45) is 0. The van der Waals surface area contributed by atoms with Gasteiger partial charge < -0.3 is 9.42 Å². The molecule has 0 atom stereocenters. The summed E-state index contributed by atoms with van der Waals surface area (Å²) in [4.78, 5) is 18.7. The van der Waals surface area contributed by atoms with Crippen LogP contribution in [0.3, 0.4) is 0 Å². The highest BCUT2D eigenvalue weighted by molar-refractivity contribution is 5.46. The Bertz CT molecular complexity index is 805. The van der Waals surface area contributed by atoms with Gasteiger partial charge in [0.2, 0.25) is 0 Å². The van der Waals surface area contributed by atoms with Crippen molar-refractivity contribution in [1.82, 2.24) is 9.56 Å². The molecule has 0 aliphatic heterocycles. The van der Waals surface area contributed by atoms with Gasteiger partial charge in [-0.15, -0.1) is 4.57 Å². The second-order valence-corrected chi connectivity index (χ2v) is 4.93. The Morgan fingerprint density at radius 2 is 2.00 bits per heavy atom. The van der Waals surface area contributed by atoms with Crippen LogP contribution in [0, 0.1) is 6.92 Å². The molecular formula is C16H17N3O2. The second kappa shape index (κ2) is 5.44. The normalized spacial score (nSPS) is 11.0. The molecule has 0 amide bonds. The van der Waals surface area contributed by atoms with Crippen LogP contribution in [0.4, 0.5) is 5.69 Å². The highest BCUT2D eigenvalue weighted by atomic mass is 16.5. The average Bonchev–Trinajstić information content (AvgIpc) is 2.87. The first-order valence-corrected chi connectivity index (χ1v) is 6.97. The SMILES string of the molecule is CCN(Cc1cc(=O)n2oc(C)cc2n1)c1ccccc1. The van der Waals surface area contributed by atoms with Gasteiger partial charge >= 0.3 is 0 Å². The van der Waals surface area contributed by atoms with E-state index < -0.39 is 0 Å². The molecule has 2 heterocycles. The predicted molar refractivity (Wildman–Crippen MR) is 81.6 cm³/mol. The van der Waals surface area contributed by atoms with E-state index in [2.05, 4.69) is 28.9 Å². The number of nitrogens with zero attached hydrogens (tertiary/aromatic N) is 3. The topological polar surface area (TPSA) is 50.8 Å². The summed E-state index contributed by atoms with van der Waals surface area (Å²) in [5.41, 5.74) is 2.23. The number of aromatic nitrogens is 2. The molecular weight excluding hydrogens is 266 g/mol. The Kier molecular flexibility index (Phi) is 3.48. The molecule has 108 valence electrons. The predicted octanol–water partition coefficient (Wildman–Crippen LogP) is 2.62. The molecule has 5 nitrogen and oxygen atoms in total. The summed E-state index contributed by atoms with van der Waals surface area (Å²) in [7, 11) is 0. The fraction of sp³-hybridized carbons (Fsp3) is 0.250. The lowest BCUT2D eigenvalue weighted by atomic mass is 10.2. The van der Waals surface area contributed by atoms with E-state index in [0.717, 1.165) is 17.9 Å². The Morgan fingerprint density at radius 1 is 1.24 bits per heavy atom. The maximum atomic E-state index is 12.0. The van der Waals surface area contributed by atoms with Crippen molar-refractivity contribution in [3.05, 3.63) is 64.3 Å². The Hall–Kier alpha value is -2.56. The summed E-state index contributed by atoms with van der Waals surface area (Å²) in [6, 6.07) is 13.4. The van der Waals surface area contributed by atoms with Crippen LogP contribution in [-0.2, 0) is 6.54 Å². The maximum Gasteiger partial charge on any atom is 0.287 e. The maximum absolute atomic E-state index is 12.0. The molecule has 0 unspecified atom stereocenters. The number of hydrogen-bond acceptors (Lipinski definition) is 4. The first-order valence-electron chi connectivity index (χ1n) is 6.97. The molecule has 0 spiro atoms. The van der Waals surface area contributed by atoms with Crippen molar-refractivity contribution in [1.29, 1.82) is 0 Å². The summed E-state index contributed by atoms with van der Waals surface area (Å²) in [6.45, 7) is 5.32. The van der Waals surface area contributed by atoms with E-state index in [4.69, 9.17) is 4.52 Å². The number of aryl methyl sites for hydroxylation is 1. The van der Waals surface area contributed by atoms with Crippen LogP contribution in [0.5, 0.6) is 0 Å². The molecule has 3 rings (SSSR count). The van der Waals surface area contributed by atoms with Crippen LogP contribution in [0.25, 0.3) is 5.65 Å². The molecule has 1 aromatic carbocycles. The zero-order valence-electron chi connectivity index (χ0n) is 12.1. The van der Waals surface area contributed by atoms with Gasteiger partial charge in [0.25, 0.3) is 5.56 Å². The molecule has 0 bridgehead atoms. The van der Waals surface area contributed by atoms with Crippen molar-refractivity contribution >= 4 is 11.3 Å². The number of hydrogen-bond donors (Lipinski definition) is 0. The molecule has 0 radical (unpaired) electrons. The molecule has 0 fully saturated rings. The summed E-state index contributed by atoms with van der Waals surface area (Å²) < 4.78 is 6.52. The molecule has 0 saturated heterocycles. The van der Waals surface area contributed by atoms with Crippen molar-refractivity contribution in [3.63, 3.8) is 0 Å². The highest BCUT2D eigenvalue weighted by Crippen LogP contribution is 2.15. The molecule has 0 N–H and O–H groups in total. The van der Waals surface area contributed by atoms with Gasteiger partial charge in [0, 0.05) is 24.4 Å². The minimum atomic E-state index is -0.188. The monoisotopic (exact) mass is 283 g/mol. The lowest BCUT2D eigenvalue weighted by Crippen LogP contribution is -2.24. The number of benzene rings is 1. The second-order valence-electron chi connectivity index (χ2n) is 4.93. The van der Waals surface area contributed by atoms with E-state index in [-0.39, 0.29) is 5.56 Å². The number of rotatable bonds is 4. The standard InChI is InChI=1S/C16H17N3O2/c1-3-18(14-7-5-4-6-8-14)11-13-10-16(20)19-15(17-13)9-12(2)21-19/h4-10H,3,11H2,1-2H3. The zero-order valence-corrected chi connectivity index (χ0v) is 12.1. The van der Waals surface area contributed by atoms with Crippen molar-refractivity contribution in [2.75, 3.05) is 11.4 Å². The van der Waals surface area contributed by atoms with E-state index in [1.807, 2.05) is 18.2 Å². The van der Waals surface area contributed by atoms with Gasteiger partial charge in [0.1, 0.15) is 5.76 Å². The van der Waals surface area contributed by atoms with Crippen molar-refractivity contribution < 1.29 is 4.52 Å². The van der Waals surface area contributed by atoms with Crippen molar-refractivity contribution in [2.24, 2.45) is 0 Å². The van der Waals surface area contributed by atoms with Gasteiger partial charge in [-0.2, -0.15) is 0 Å². The van der Waals surface area contributed by atoms with E-state index in [9.17, 15) is 4.79 Å². The lowest BCUT2D eigenvalue weighted by Gasteiger charge is -2.22. The van der Waals surface area contributed by atoms with Crippen LogP contribution < -0.4 is 10.5 Å². The van der Waals surface area contributed by atoms with Crippen LogP contribution in [-0.4, -0.2) is 16.1 Å². The van der Waals surface area contributed by atoms with Crippen LogP contribution in [0.1, 0.15) is 18.4 Å². The van der Waals surface area contributed by atoms with E-state index in [0.29, 0.717) is 18.0 Å². The molecule has 0 aliphatic rings. The van der Waals surface area contributed by atoms with Gasteiger partial charge in [-0.05, 0) is 26.0 Å². The molecule has 5 heteroatoms. The quantitative estimate of drug-likeness (QED) is 0.738. The molecule has 21 heavy (non-hydrogen) atoms. The van der Waals surface area contributed by atoms with Gasteiger partial charge in [0.05, 0.1) is 12.2 Å². The Balaban J connectivity index is 1.95. The minimum Gasteiger partial charge on any atom is -0.375 e. The number of fused-ring (bicyclic) bond motifs is 1. The fourth-order valence-electron chi connectivity index (χ4n) is 2.37. The average molecular weight is 283 g/mol. The number of anilines is 1. The zero-order chi connectivity index (χ0) is 14.8. The molecule has 3 aromatic rings. The van der Waals surface area contributed by atoms with Crippen molar-refractivity contribution in [2.45, 2.75) is 20.4 Å². The molecule has 2 aromatic heterocycles. The Morgan fingerprint density at radius 3 is 2.71 bits per heavy atom. The van der Waals surface area contributed by atoms with E-state index >= 15 is 0 Å². The largest absolute Gasteiger partial charge is 0.375 e. The van der Waals surface area contributed by atoms with Gasteiger partial charge in [-0.3, -0.25) is 4.79 Å². The smallest absolute Gasteiger partial charge is 0.287 e. The Labute approximate surface area is 122 Å². The third-order valence-electron chi connectivity index (χ3n) is 3.38. The van der Waals surface area contributed by atoms with Gasteiger partial charge in [-0.1, -0.05) is 18.2 Å². The first kappa shape index (κ1) is 13.4. The number of para-hydroxylation sites is 1. The van der Waals surface area contributed by atoms with Gasteiger partial charge in [-0.25, -0.2) is 4.98 Å². The van der Waals surface area contributed by atoms with Crippen LogP contribution in [0.2, 0.25) is 0 Å². The third kappa shape index (κ3) is 2.67. The lowest BCUT2D eigenvalue weighted by molar-refractivity contribution is 0.344.